The van der Waals surface area contributed by atoms with Crippen molar-refractivity contribution in [2.75, 3.05) is 0 Å². The van der Waals surface area contributed by atoms with Gasteiger partial charge < -0.3 is 5.11 Å². The third-order valence-electron chi connectivity index (χ3n) is 2.58. The minimum Gasteiger partial charge on any atom is -0.478 e. The normalized spacial score (nSPS) is 10.1. The fraction of sp³-hybridized carbons (Fsp3) is 0.0667. The molecule has 2 nitrogen and oxygen atoms in total. The van der Waals surface area contributed by atoms with Gasteiger partial charge in [0.1, 0.15) is 0 Å². The molecule has 0 unspecified atom stereocenters. The molecule has 0 atom stereocenters. The van der Waals surface area contributed by atoms with Gasteiger partial charge in [-0.15, -0.1) is 11.8 Å². The zero-order chi connectivity index (χ0) is 13.7. The van der Waals surface area contributed by atoms with Crippen LogP contribution in [0.1, 0.15) is 21.5 Å². The van der Waals surface area contributed by atoms with Gasteiger partial charge in [0.25, 0.3) is 0 Å². The van der Waals surface area contributed by atoms with Crippen LogP contribution in [0, 0.1) is 0 Å². The molecule has 2 aromatic rings. The van der Waals surface area contributed by atoms with Crippen molar-refractivity contribution < 1.29 is 9.90 Å². The van der Waals surface area contributed by atoms with Gasteiger partial charge in [-0.1, -0.05) is 54.7 Å². The highest BCUT2D eigenvalue weighted by molar-refractivity contribution is 8.23. The fourth-order valence-electron chi connectivity index (χ4n) is 1.56. The molecule has 0 spiro atoms. The van der Waals surface area contributed by atoms with E-state index in [-0.39, 0.29) is 5.56 Å². The third kappa shape index (κ3) is 3.91. The quantitative estimate of drug-likeness (QED) is 0.863. The van der Waals surface area contributed by atoms with E-state index in [2.05, 4.69) is 12.1 Å². The summed E-state index contributed by atoms with van der Waals surface area (Å²) in [5.41, 5.74) is 2.39. The second-order valence-corrected chi connectivity index (χ2v) is 5.60. The molecular formula is C15H12O2S2. The summed E-state index contributed by atoms with van der Waals surface area (Å²) < 4.78 is 0.779. The van der Waals surface area contributed by atoms with Crippen molar-refractivity contribution in [1.82, 2.24) is 0 Å². The maximum atomic E-state index is 10.8. The maximum absolute atomic E-state index is 10.8. The molecule has 0 radical (unpaired) electrons. The topological polar surface area (TPSA) is 37.3 Å². The Labute approximate surface area is 121 Å². The van der Waals surface area contributed by atoms with Crippen molar-refractivity contribution >= 4 is 34.1 Å². The Morgan fingerprint density at radius 1 is 1.00 bits per heavy atom. The molecule has 0 saturated carbocycles. The smallest absolute Gasteiger partial charge is 0.335 e. The highest BCUT2D eigenvalue weighted by Gasteiger charge is 2.05. The van der Waals surface area contributed by atoms with E-state index >= 15 is 0 Å². The first-order chi connectivity index (χ1) is 9.16. The van der Waals surface area contributed by atoms with Gasteiger partial charge in [-0.2, -0.15) is 0 Å². The van der Waals surface area contributed by atoms with Gasteiger partial charge in [0.05, 0.1) is 9.76 Å². The van der Waals surface area contributed by atoms with Crippen molar-refractivity contribution in [1.29, 1.82) is 0 Å². The molecule has 0 aliphatic heterocycles. The number of hydrogen-bond donors (Lipinski definition) is 1. The lowest BCUT2D eigenvalue weighted by Crippen LogP contribution is -1.98. The molecule has 0 aliphatic carbocycles. The van der Waals surface area contributed by atoms with Crippen LogP contribution in [0.3, 0.4) is 0 Å². The van der Waals surface area contributed by atoms with Gasteiger partial charge in [0.15, 0.2) is 0 Å². The Morgan fingerprint density at radius 3 is 2.16 bits per heavy atom. The van der Waals surface area contributed by atoms with E-state index in [4.69, 9.17) is 17.3 Å². The van der Waals surface area contributed by atoms with E-state index in [0.717, 1.165) is 15.5 Å². The summed E-state index contributed by atoms with van der Waals surface area (Å²) in [6.45, 7) is 0. The number of carboxylic acid groups (broad SMARTS) is 1. The van der Waals surface area contributed by atoms with Crippen LogP contribution in [0.25, 0.3) is 0 Å². The van der Waals surface area contributed by atoms with E-state index in [0.29, 0.717) is 0 Å². The van der Waals surface area contributed by atoms with E-state index in [9.17, 15) is 4.79 Å². The van der Waals surface area contributed by atoms with Gasteiger partial charge in [-0.05, 0) is 23.3 Å². The van der Waals surface area contributed by atoms with Crippen LogP contribution < -0.4 is 0 Å². The summed E-state index contributed by atoms with van der Waals surface area (Å²) in [5, 5.41) is 8.83. The number of benzene rings is 2. The minimum absolute atomic E-state index is 0.277. The fourth-order valence-corrected chi connectivity index (χ4v) is 2.66. The molecule has 2 aromatic carbocycles. The number of carboxylic acids is 1. The zero-order valence-corrected chi connectivity index (χ0v) is 11.7. The predicted molar refractivity (Wildman–Crippen MR) is 82.8 cm³/mol. The second-order valence-electron chi connectivity index (χ2n) is 3.94. The van der Waals surface area contributed by atoms with Gasteiger partial charge in [0.2, 0.25) is 0 Å². The second kappa shape index (κ2) is 6.50. The summed E-state index contributed by atoms with van der Waals surface area (Å²) in [7, 11) is 0. The zero-order valence-electron chi connectivity index (χ0n) is 10.1. The molecule has 4 heteroatoms. The molecule has 96 valence electrons. The lowest BCUT2D eigenvalue weighted by molar-refractivity contribution is 0.0697. The lowest BCUT2D eigenvalue weighted by atomic mass is 10.1. The molecule has 0 bridgehead atoms. The van der Waals surface area contributed by atoms with Gasteiger partial charge in [0, 0.05) is 5.75 Å². The Balaban J connectivity index is 1.98. The number of thioether (sulfide) groups is 1. The summed E-state index contributed by atoms with van der Waals surface area (Å²) in [5.74, 6) is -0.102. The largest absolute Gasteiger partial charge is 0.478 e. The van der Waals surface area contributed by atoms with Gasteiger partial charge in [-0.25, -0.2) is 4.79 Å². The summed E-state index contributed by atoms with van der Waals surface area (Å²) in [4.78, 5) is 10.8. The van der Waals surface area contributed by atoms with Crippen molar-refractivity contribution in [3.05, 3.63) is 71.3 Å². The van der Waals surface area contributed by atoms with Crippen LogP contribution in [0.5, 0.6) is 0 Å². The Bertz CT molecular complexity index is 577. The molecule has 0 heterocycles. The number of hydrogen-bond acceptors (Lipinski definition) is 3. The van der Waals surface area contributed by atoms with Gasteiger partial charge in [-0.3, -0.25) is 0 Å². The van der Waals surface area contributed by atoms with Crippen molar-refractivity contribution in [3.63, 3.8) is 0 Å². The van der Waals surface area contributed by atoms with E-state index in [1.807, 2.05) is 18.2 Å². The van der Waals surface area contributed by atoms with Crippen LogP contribution in [-0.4, -0.2) is 15.3 Å². The van der Waals surface area contributed by atoms with E-state index in [1.165, 1.54) is 5.56 Å². The average molecular weight is 288 g/mol. The number of thiocarbonyl (C=S) groups is 1. The van der Waals surface area contributed by atoms with Crippen LogP contribution in [0.15, 0.2) is 54.6 Å². The monoisotopic (exact) mass is 288 g/mol. The highest BCUT2D eigenvalue weighted by Crippen LogP contribution is 2.19. The molecular weight excluding hydrogens is 276 g/mol. The molecule has 1 N–H and O–H groups in total. The highest BCUT2D eigenvalue weighted by atomic mass is 32.2. The van der Waals surface area contributed by atoms with Crippen molar-refractivity contribution in [2.24, 2.45) is 0 Å². The molecule has 0 fully saturated rings. The lowest BCUT2D eigenvalue weighted by Gasteiger charge is -2.04. The third-order valence-corrected chi connectivity index (χ3v) is 4.15. The molecule has 0 aromatic heterocycles. The number of aromatic carboxylic acids is 1. The van der Waals surface area contributed by atoms with Crippen molar-refractivity contribution in [2.45, 2.75) is 5.75 Å². The summed E-state index contributed by atoms with van der Waals surface area (Å²) >= 11 is 6.93. The van der Waals surface area contributed by atoms with Gasteiger partial charge >= 0.3 is 5.97 Å². The van der Waals surface area contributed by atoms with E-state index < -0.39 is 5.97 Å². The standard InChI is InChI=1S/C15H12O2S2/c16-14(17)12-6-8-13(9-7-12)15(18)19-10-11-4-2-1-3-5-11/h1-9H,10H2,(H,16,17). The summed E-state index contributed by atoms with van der Waals surface area (Å²) in [6.07, 6.45) is 0. The van der Waals surface area contributed by atoms with Crippen molar-refractivity contribution in [3.8, 4) is 0 Å². The first-order valence-corrected chi connectivity index (χ1v) is 7.10. The number of rotatable bonds is 4. The maximum Gasteiger partial charge on any atom is 0.335 e. The minimum atomic E-state index is -0.922. The number of carbonyl (C=O) groups is 1. The summed E-state index contributed by atoms with van der Waals surface area (Å²) in [6, 6.07) is 16.8. The Kier molecular flexibility index (Phi) is 4.71. The Hall–Kier alpha value is -1.65. The first-order valence-electron chi connectivity index (χ1n) is 5.71. The molecule has 0 aliphatic rings. The molecule has 0 saturated heterocycles. The van der Waals surface area contributed by atoms with E-state index in [1.54, 1.807) is 36.0 Å². The van der Waals surface area contributed by atoms with Crippen LogP contribution in [0.2, 0.25) is 0 Å². The molecule has 0 amide bonds. The molecule has 2 rings (SSSR count). The SMILES string of the molecule is O=C(O)c1ccc(C(=S)SCc2ccccc2)cc1. The van der Waals surface area contributed by atoms with Crippen LogP contribution in [-0.2, 0) is 5.75 Å². The molecule has 19 heavy (non-hydrogen) atoms. The Morgan fingerprint density at radius 2 is 1.58 bits per heavy atom. The first kappa shape index (κ1) is 13.8. The van der Waals surface area contributed by atoms with Crippen LogP contribution in [0.4, 0.5) is 0 Å². The predicted octanol–water partition coefficient (Wildman–Crippen LogP) is 3.99. The van der Waals surface area contributed by atoms with Crippen LogP contribution >= 0.6 is 24.0 Å². The average Bonchev–Trinajstić information content (AvgIpc) is 2.46.